The molecular weight excluding hydrogens is 256 g/mol. The zero-order chi connectivity index (χ0) is 13.9. The number of benzene rings is 1. The highest BCUT2D eigenvalue weighted by atomic mass is 32.2. The minimum absolute atomic E-state index is 0.00975. The number of carbonyl (C=O) groups is 1. The van der Waals surface area contributed by atoms with E-state index >= 15 is 0 Å². The third-order valence-corrected chi connectivity index (χ3v) is 3.37. The number of anilines is 1. The van der Waals surface area contributed by atoms with Crippen molar-refractivity contribution in [2.45, 2.75) is 24.8 Å². The van der Waals surface area contributed by atoms with Gasteiger partial charge in [-0.15, -0.1) is 0 Å². The fourth-order valence-corrected chi connectivity index (χ4v) is 1.95. The smallest absolute Gasteiger partial charge is 0.326 e. The molecule has 6 nitrogen and oxygen atoms in total. The van der Waals surface area contributed by atoms with Crippen molar-refractivity contribution < 1.29 is 18.3 Å². The van der Waals surface area contributed by atoms with Gasteiger partial charge in [-0.2, -0.15) is 0 Å². The average molecular weight is 272 g/mol. The van der Waals surface area contributed by atoms with Crippen LogP contribution >= 0.6 is 0 Å². The summed E-state index contributed by atoms with van der Waals surface area (Å²) in [6, 6.07) is 4.90. The maximum Gasteiger partial charge on any atom is 0.326 e. The zero-order valence-corrected chi connectivity index (χ0v) is 10.9. The van der Waals surface area contributed by atoms with E-state index in [2.05, 4.69) is 5.32 Å². The Hall–Kier alpha value is -1.60. The van der Waals surface area contributed by atoms with E-state index in [1.165, 1.54) is 24.3 Å². The number of nitrogens with two attached hydrogens (primary N) is 1. The lowest BCUT2D eigenvalue weighted by Gasteiger charge is -2.19. The molecule has 7 heteroatoms. The molecule has 1 aromatic carbocycles. The predicted molar refractivity (Wildman–Crippen MR) is 67.7 cm³/mol. The number of nitrogens with one attached hydrogen (secondary N) is 1. The fourth-order valence-electron chi connectivity index (χ4n) is 1.43. The molecule has 18 heavy (non-hydrogen) atoms. The molecule has 1 atom stereocenters. The quantitative estimate of drug-likeness (QED) is 0.736. The predicted octanol–water partition coefficient (Wildman–Crippen LogP) is 0.855. The van der Waals surface area contributed by atoms with Crippen LogP contribution in [0.2, 0.25) is 0 Å². The molecule has 0 aromatic heterocycles. The molecule has 1 unspecified atom stereocenters. The number of aliphatic carboxylic acids is 1. The molecule has 1 aromatic rings. The largest absolute Gasteiger partial charge is 0.480 e. The average Bonchev–Trinajstić information content (AvgIpc) is 2.24. The maximum atomic E-state index is 11.0. The molecule has 0 heterocycles. The highest BCUT2D eigenvalue weighted by molar-refractivity contribution is 7.89. The van der Waals surface area contributed by atoms with Crippen LogP contribution in [0.3, 0.4) is 0 Å². The Morgan fingerprint density at radius 1 is 1.28 bits per heavy atom. The zero-order valence-electron chi connectivity index (χ0n) is 10.1. The van der Waals surface area contributed by atoms with Crippen molar-refractivity contribution >= 4 is 21.7 Å². The van der Waals surface area contributed by atoms with Gasteiger partial charge in [0, 0.05) is 5.69 Å². The summed E-state index contributed by atoms with van der Waals surface area (Å²) in [5, 5.41) is 16.8. The van der Waals surface area contributed by atoms with Gasteiger partial charge in [0.25, 0.3) is 0 Å². The van der Waals surface area contributed by atoms with Gasteiger partial charge in [0.2, 0.25) is 10.0 Å². The van der Waals surface area contributed by atoms with Crippen LogP contribution in [-0.2, 0) is 14.8 Å². The Balaban J connectivity index is 2.90. The van der Waals surface area contributed by atoms with E-state index in [9.17, 15) is 13.2 Å². The van der Waals surface area contributed by atoms with Gasteiger partial charge in [-0.05, 0) is 30.2 Å². The molecule has 0 spiro atoms. The fraction of sp³-hybridized carbons (Fsp3) is 0.364. The van der Waals surface area contributed by atoms with Gasteiger partial charge >= 0.3 is 5.97 Å². The first kappa shape index (κ1) is 14.5. The van der Waals surface area contributed by atoms with Crippen LogP contribution in [-0.4, -0.2) is 25.5 Å². The van der Waals surface area contributed by atoms with Gasteiger partial charge in [-0.1, -0.05) is 13.8 Å². The Kier molecular flexibility index (Phi) is 4.31. The summed E-state index contributed by atoms with van der Waals surface area (Å²) in [4.78, 5) is 11.0. The molecule has 0 amide bonds. The summed E-state index contributed by atoms with van der Waals surface area (Å²) in [6.07, 6.45) is 0. The summed E-state index contributed by atoms with van der Waals surface area (Å²) in [6.45, 7) is 3.56. The van der Waals surface area contributed by atoms with Crippen LogP contribution in [0.5, 0.6) is 0 Å². The van der Waals surface area contributed by atoms with Crippen LogP contribution in [0.25, 0.3) is 0 Å². The molecule has 0 bridgehead atoms. The summed E-state index contributed by atoms with van der Waals surface area (Å²) in [5.74, 6) is -1.05. The molecule has 0 radical (unpaired) electrons. The second-order valence-corrected chi connectivity index (χ2v) is 5.84. The monoisotopic (exact) mass is 272 g/mol. The Bertz CT molecular complexity index is 522. The third kappa shape index (κ3) is 3.71. The standard InChI is InChI=1S/C11H16N2O4S/c1-7(2)10(11(14)15)13-8-3-5-9(6-4-8)18(12,16)17/h3-7,10,13H,1-2H3,(H,14,15)(H2,12,16,17). The first-order valence-corrected chi connectivity index (χ1v) is 6.88. The number of primary sulfonamides is 1. The lowest BCUT2D eigenvalue weighted by atomic mass is 10.0. The first-order valence-electron chi connectivity index (χ1n) is 5.34. The van der Waals surface area contributed by atoms with Crippen LogP contribution < -0.4 is 10.5 Å². The van der Waals surface area contributed by atoms with E-state index in [0.717, 1.165) is 0 Å². The van der Waals surface area contributed by atoms with Gasteiger partial charge in [0.15, 0.2) is 0 Å². The van der Waals surface area contributed by atoms with Gasteiger partial charge in [0.1, 0.15) is 6.04 Å². The van der Waals surface area contributed by atoms with E-state index in [0.29, 0.717) is 5.69 Å². The number of sulfonamides is 1. The number of hydrogen-bond acceptors (Lipinski definition) is 4. The summed E-state index contributed by atoms with van der Waals surface area (Å²) in [5.41, 5.74) is 0.531. The molecule has 0 saturated heterocycles. The van der Waals surface area contributed by atoms with Crippen LogP contribution in [0, 0.1) is 5.92 Å². The van der Waals surface area contributed by atoms with Gasteiger partial charge in [-0.25, -0.2) is 18.4 Å². The minimum Gasteiger partial charge on any atom is -0.480 e. The van der Waals surface area contributed by atoms with E-state index in [1.54, 1.807) is 13.8 Å². The minimum atomic E-state index is -3.72. The number of rotatable bonds is 5. The van der Waals surface area contributed by atoms with E-state index in [1.807, 2.05) is 0 Å². The summed E-state index contributed by atoms with van der Waals surface area (Å²) < 4.78 is 22.1. The van der Waals surface area contributed by atoms with E-state index < -0.39 is 22.0 Å². The van der Waals surface area contributed by atoms with Crippen LogP contribution in [0.4, 0.5) is 5.69 Å². The normalized spacial score (nSPS) is 13.3. The van der Waals surface area contributed by atoms with Crippen molar-refractivity contribution in [2.75, 3.05) is 5.32 Å². The van der Waals surface area contributed by atoms with E-state index in [-0.39, 0.29) is 10.8 Å². The first-order chi connectivity index (χ1) is 8.21. The van der Waals surface area contributed by atoms with E-state index in [4.69, 9.17) is 10.2 Å². The molecule has 100 valence electrons. The SMILES string of the molecule is CC(C)C(Nc1ccc(S(N)(=O)=O)cc1)C(=O)O. The van der Waals surface area contributed by atoms with Gasteiger partial charge in [0.05, 0.1) is 4.90 Å². The van der Waals surface area contributed by atoms with Crippen molar-refractivity contribution in [1.82, 2.24) is 0 Å². The van der Waals surface area contributed by atoms with Crippen molar-refractivity contribution in [1.29, 1.82) is 0 Å². The van der Waals surface area contributed by atoms with Gasteiger partial charge in [-0.3, -0.25) is 0 Å². The molecule has 0 fully saturated rings. The second kappa shape index (κ2) is 5.36. The van der Waals surface area contributed by atoms with Crippen molar-refractivity contribution in [3.63, 3.8) is 0 Å². The van der Waals surface area contributed by atoms with Crippen molar-refractivity contribution in [3.8, 4) is 0 Å². The topological polar surface area (TPSA) is 109 Å². The molecule has 0 aliphatic carbocycles. The maximum absolute atomic E-state index is 11.0. The lowest BCUT2D eigenvalue weighted by Crippen LogP contribution is -2.34. The van der Waals surface area contributed by atoms with Crippen molar-refractivity contribution in [2.24, 2.45) is 11.1 Å². The molecule has 0 aliphatic rings. The molecular formula is C11H16N2O4S. The molecule has 1 rings (SSSR count). The molecule has 4 N–H and O–H groups in total. The van der Waals surface area contributed by atoms with Crippen LogP contribution in [0.1, 0.15) is 13.8 Å². The number of carboxylic acid groups (broad SMARTS) is 1. The number of carboxylic acids is 1. The highest BCUT2D eigenvalue weighted by Gasteiger charge is 2.21. The lowest BCUT2D eigenvalue weighted by molar-refractivity contribution is -0.138. The highest BCUT2D eigenvalue weighted by Crippen LogP contribution is 2.16. The van der Waals surface area contributed by atoms with Crippen LogP contribution in [0.15, 0.2) is 29.2 Å². The Morgan fingerprint density at radius 3 is 2.11 bits per heavy atom. The van der Waals surface area contributed by atoms with Crippen molar-refractivity contribution in [3.05, 3.63) is 24.3 Å². The third-order valence-electron chi connectivity index (χ3n) is 2.44. The molecule has 0 saturated carbocycles. The van der Waals surface area contributed by atoms with Gasteiger partial charge < -0.3 is 10.4 Å². The summed E-state index contributed by atoms with van der Waals surface area (Å²) in [7, 11) is -3.72. The summed E-state index contributed by atoms with van der Waals surface area (Å²) >= 11 is 0. The Labute approximate surface area is 106 Å². The molecule has 0 aliphatic heterocycles. The number of hydrogen-bond donors (Lipinski definition) is 3. The second-order valence-electron chi connectivity index (χ2n) is 4.27. The Morgan fingerprint density at radius 2 is 1.78 bits per heavy atom.